The predicted molar refractivity (Wildman–Crippen MR) is 265 cm³/mol. The normalized spacial score (nSPS) is 13.2. The third kappa shape index (κ3) is 11.3. The molecular formula is C56H49F5N6O7. The molecule has 2 N–H and O–H groups in total. The summed E-state index contributed by atoms with van der Waals surface area (Å²) in [4.78, 5) is 70.9. The minimum Gasteiger partial charge on any atom is -0.448 e. The number of aromatic nitrogens is 2. The van der Waals surface area contributed by atoms with Crippen LogP contribution in [-0.2, 0) is 27.1 Å². The first-order valence-corrected chi connectivity index (χ1v) is 24.0. The van der Waals surface area contributed by atoms with E-state index in [1.165, 1.54) is 51.1 Å². The van der Waals surface area contributed by atoms with Gasteiger partial charge < -0.3 is 24.6 Å². The number of fused-ring (bicyclic) bond motifs is 4. The van der Waals surface area contributed by atoms with Crippen molar-refractivity contribution in [2.24, 2.45) is 0 Å². The molecule has 0 spiro atoms. The van der Waals surface area contributed by atoms with Crippen LogP contribution in [0.25, 0.3) is 33.0 Å². The Morgan fingerprint density at radius 2 is 1.38 bits per heavy atom. The number of carbonyl (C=O) groups is 4. The Balaban J connectivity index is 0.812. The molecule has 74 heavy (non-hydrogen) atoms. The minimum atomic E-state index is -2.60. The molecule has 1 fully saturated rings. The van der Waals surface area contributed by atoms with Crippen molar-refractivity contribution in [1.29, 1.82) is 0 Å². The number of alkyl halides is 2. The number of ether oxygens (including phenoxy) is 2. The molecule has 0 saturated carbocycles. The third-order valence-electron chi connectivity index (χ3n) is 13.2. The Kier molecular flexibility index (Phi) is 15.5. The van der Waals surface area contributed by atoms with Crippen LogP contribution in [0.1, 0.15) is 54.6 Å². The fourth-order valence-corrected chi connectivity index (χ4v) is 9.47. The lowest BCUT2D eigenvalue weighted by molar-refractivity contribution is -0.133. The van der Waals surface area contributed by atoms with Crippen LogP contribution < -0.4 is 10.9 Å². The monoisotopic (exact) mass is 1010 g/mol. The molecule has 1 saturated heterocycles. The number of piperazine rings is 1. The molecule has 0 unspecified atom stereocenters. The summed E-state index contributed by atoms with van der Waals surface area (Å²) in [6.45, 7) is -0.685. The van der Waals surface area contributed by atoms with Gasteiger partial charge in [-0.3, -0.25) is 24.1 Å². The highest BCUT2D eigenvalue weighted by atomic mass is 19.3. The zero-order valence-electron chi connectivity index (χ0n) is 39.8. The SMILES string of the molecule is O=C(NCCOCCN(CC(=O)N1CCN(C(=O)c2cc(Cc3n[nH]c(=O)c4ccccc34)ccc2F)CC1)C(=O)OCC1c2ccccc2-c2ccccc21)c1c(F)cc(-c2cccc(CC(F)F)c2)cc1F. The van der Waals surface area contributed by atoms with E-state index in [1.54, 1.807) is 30.3 Å². The van der Waals surface area contributed by atoms with Gasteiger partial charge >= 0.3 is 6.09 Å². The average Bonchev–Trinajstić information content (AvgIpc) is 3.73. The lowest BCUT2D eigenvalue weighted by atomic mass is 9.98. The number of benzene rings is 6. The van der Waals surface area contributed by atoms with Gasteiger partial charge in [0, 0.05) is 63.4 Å². The summed E-state index contributed by atoms with van der Waals surface area (Å²) in [7, 11) is 0. The number of aromatic amines is 1. The highest BCUT2D eigenvalue weighted by molar-refractivity contribution is 5.96. The zero-order chi connectivity index (χ0) is 51.9. The molecule has 2 aliphatic rings. The number of nitrogens with zero attached hydrogens (tertiary/aromatic N) is 4. The Bertz CT molecular complexity index is 3240. The number of H-pyrrole nitrogens is 1. The van der Waals surface area contributed by atoms with Crippen molar-refractivity contribution < 1.29 is 50.6 Å². The standard InChI is InChI=1S/C56H49F5N6O7/c57-46-17-16-35(28-49-42-14-5-6-15-43(42)53(69)64-63-49)27-44(46)55(71)66-21-19-65(20-22-66)51(68)32-67(56(72)74-33-45-40-12-3-1-10-38(40)39-11-2-4-13-41(39)45)23-25-73-24-18-62-54(70)52-47(58)30-37(31-48(52)59)36-9-7-8-34(26-36)29-50(60)61/h1-17,26-27,30-31,45,50H,18-25,28-29,32-33H2,(H,62,70)(H,64,69). The summed E-state index contributed by atoms with van der Waals surface area (Å²) in [6, 6.07) is 34.6. The van der Waals surface area contributed by atoms with E-state index in [0.29, 0.717) is 27.6 Å². The summed E-state index contributed by atoms with van der Waals surface area (Å²) in [5, 5.41) is 10.2. The van der Waals surface area contributed by atoms with Gasteiger partial charge in [0.1, 0.15) is 36.2 Å². The quantitative estimate of drug-likeness (QED) is 0.0682. The third-order valence-corrected chi connectivity index (χ3v) is 13.2. The predicted octanol–water partition coefficient (Wildman–Crippen LogP) is 8.39. The maximum absolute atomic E-state index is 15.3. The second-order valence-corrected chi connectivity index (χ2v) is 17.9. The van der Waals surface area contributed by atoms with Gasteiger partial charge in [-0.05, 0) is 74.8 Å². The van der Waals surface area contributed by atoms with Crippen LogP contribution in [0.4, 0.5) is 26.7 Å². The number of nitrogens with one attached hydrogen (secondary N) is 2. The van der Waals surface area contributed by atoms with E-state index in [-0.39, 0.29) is 93.7 Å². The first kappa shape index (κ1) is 50.7. The van der Waals surface area contributed by atoms with E-state index in [9.17, 15) is 32.8 Å². The molecule has 380 valence electrons. The van der Waals surface area contributed by atoms with E-state index in [4.69, 9.17) is 9.47 Å². The summed E-state index contributed by atoms with van der Waals surface area (Å²) < 4.78 is 83.1. The van der Waals surface area contributed by atoms with Crippen LogP contribution in [0.15, 0.2) is 132 Å². The molecule has 0 atom stereocenters. The topological polar surface area (TPSA) is 154 Å². The summed E-state index contributed by atoms with van der Waals surface area (Å²) in [5.74, 6) is -5.35. The van der Waals surface area contributed by atoms with Crippen molar-refractivity contribution in [3.63, 3.8) is 0 Å². The Morgan fingerprint density at radius 3 is 2.08 bits per heavy atom. The highest BCUT2D eigenvalue weighted by Crippen LogP contribution is 2.44. The van der Waals surface area contributed by atoms with E-state index in [1.807, 2.05) is 48.5 Å². The van der Waals surface area contributed by atoms with E-state index in [0.717, 1.165) is 34.4 Å². The molecule has 1 aliphatic carbocycles. The fraction of sp³-hybridized carbons (Fsp3) is 0.250. The molecule has 6 aromatic carbocycles. The number of amides is 4. The van der Waals surface area contributed by atoms with Gasteiger partial charge in [0.2, 0.25) is 12.3 Å². The summed E-state index contributed by atoms with van der Waals surface area (Å²) in [6.07, 6.45) is -3.71. The van der Waals surface area contributed by atoms with E-state index >= 15 is 13.2 Å². The molecule has 0 radical (unpaired) electrons. The summed E-state index contributed by atoms with van der Waals surface area (Å²) >= 11 is 0. The van der Waals surface area contributed by atoms with Gasteiger partial charge in [-0.1, -0.05) is 97.1 Å². The lowest BCUT2D eigenvalue weighted by Crippen LogP contribution is -2.53. The van der Waals surface area contributed by atoms with Crippen LogP contribution in [0.5, 0.6) is 0 Å². The van der Waals surface area contributed by atoms with Gasteiger partial charge in [-0.25, -0.2) is 31.8 Å². The van der Waals surface area contributed by atoms with Crippen molar-refractivity contribution in [3.8, 4) is 22.3 Å². The van der Waals surface area contributed by atoms with Gasteiger partial charge in [-0.2, -0.15) is 5.10 Å². The molecule has 2 heterocycles. The number of hydrogen-bond acceptors (Lipinski definition) is 8. The lowest BCUT2D eigenvalue weighted by Gasteiger charge is -2.36. The first-order chi connectivity index (χ1) is 35.8. The zero-order valence-corrected chi connectivity index (χ0v) is 39.8. The van der Waals surface area contributed by atoms with Crippen molar-refractivity contribution in [1.82, 2.24) is 30.2 Å². The summed E-state index contributed by atoms with van der Waals surface area (Å²) in [5.41, 5.74) is 4.49. The van der Waals surface area contributed by atoms with Crippen molar-refractivity contribution >= 4 is 34.6 Å². The number of hydrogen-bond donors (Lipinski definition) is 2. The molecular weight excluding hydrogens is 964 g/mol. The molecule has 1 aliphatic heterocycles. The van der Waals surface area contributed by atoms with Crippen LogP contribution in [0, 0.1) is 17.5 Å². The highest BCUT2D eigenvalue weighted by Gasteiger charge is 2.32. The van der Waals surface area contributed by atoms with Crippen molar-refractivity contribution in [2.45, 2.75) is 25.2 Å². The molecule has 7 aromatic rings. The molecule has 4 amide bonds. The van der Waals surface area contributed by atoms with Crippen LogP contribution in [0.3, 0.4) is 0 Å². The maximum Gasteiger partial charge on any atom is 0.410 e. The van der Waals surface area contributed by atoms with Gasteiger partial charge in [-0.15, -0.1) is 0 Å². The van der Waals surface area contributed by atoms with Gasteiger partial charge in [0.05, 0.1) is 29.9 Å². The average molecular weight is 1010 g/mol. The second-order valence-electron chi connectivity index (χ2n) is 17.9. The first-order valence-electron chi connectivity index (χ1n) is 24.0. The Morgan fingerprint density at radius 1 is 0.716 bits per heavy atom. The molecule has 13 nitrogen and oxygen atoms in total. The molecule has 18 heteroatoms. The van der Waals surface area contributed by atoms with E-state index in [2.05, 4.69) is 15.5 Å². The maximum atomic E-state index is 15.3. The molecule has 0 bridgehead atoms. The van der Waals surface area contributed by atoms with Crippen molar-refractivity contribution in [2.75, 3.05) is 65.6 Å². The fourth-order valence-electron chi connectivity index (χ4n) is 9.47. The Labute approximate surface area is 421 Å². The van der Waals surface area contributed by atoms with Gasteiger partial charge in [0.15, 0.2) is 0 Å². The number of carbonyl (C=O) groups excluding carboxylic acids is 4. The largest absolute Gasteiger partial charge is 0.448 e. The van der Waals surface area contributed by atoms with Crippen LogP contribution in [-0.4, -0.2) is 121 Å². The molecule has 9 rings (SSSR count). The number of halogens is 5. The van der Waals surface area contributed by atoms with E-state index < -0.39 is 66.2 Å². The van der Waals surface area contributed by atoms with Crippen LogP contribution in [0.2, 0.25) is 0 Å². The van der Waals surface area contributed by atoms with Crippen molar-refractivity contribution in [3.05, 3.63) is 194 Å². The van der Waals surface area contributed by atoms with Crippen LogP contribution >= 0.6 is 0 Å². The smallest absolute Gasteiger partial charge is 0.410 e. The Hall–Kier alpha value is -8.25. The minimum absolute atomic E-state index is 0.0276. The number of rotatable bonds is 17. The van der Waals surface area contributed by atoms with Gasteiger partial charge in [0.25, 0.3) is 17.4 Å². The molecule has 1 aromatic heterocycles. The second kappa shape index (κ2) is 22.7.